The molecule has 1 amide bonds. The van der Waals surface area contributed by atoms with Crippen LogP contribution < -0.4 is 11.1 Å². The Labute approximate surface area is 108 Å². The van der Waals surface area contributed by atoms with E-state index < -0.39 is 6.09 Å². The zero-order valence-corrected chi connectivity index (χ0v) is 11.2. The second-order valence-electron chi connectivity index (χ2n) is 3.34. The molecule has 1 aromatic rings. The number of anilines is 1. The van der Waals surface area contributed by atoms with Gasteiger partial charge in [-0.3, -0.25) is 0 Å². The van der Waals surface area contributed by atoms with Gasteiger partial charge in [-0.05, 0) is 22.4 Å². The molecule has 1 aromatic heterocycles. The highest BCUT2D eigenvalue weighted by Crippen LogP contribution is 2.12. The van der Waals surface area contributed by atoms with E-state index in [2.05, 4.69) is 42.9 Å². The van der Waals surface area contributed by atoms with Crippen LogP contribution in [0.1, 0.15) is 19.2 Å². The Morgan fingerprint density at radius 2 is 2.35 bits per heavy atom. The second-order valence-corrected chi connectivity index (χ2v) is 4.15. The van der Waals surface area contributed by atoms with Crippen molar-refractivity contribution in [3.63, 3.8) is 0 Å². The van der Waals surface area contributed by atoms with Gasteiger partial charge in [0.05, 0.1) is 6.54 Å². The molecule has 0 saturated carbocycles. The minimum Gasteiger partial charge on any atom is -0.448 e. The van der Waals surface area contributed by atoms with Crippen molar-refractivity contribution in [1.82, 2.24) is 9.97 Å². The van der Waals surface area contributed by atoms with Crippen LogP contribution >= 0.6 is 15.9 Å². The molecule has 94 valence electrons. The van der Waals surface area contributed by atoms with Gasteiger partial charge in [0.2, 0.25) is 0 Å². The molecule has 0 spiro atoms. The van der Waals surface area contributed by atoms with Gasteiger partial charge in [0, 0.05) is 12.5 Å². The topological polar surface area (TPSA) is 90.1 Å². The minimum absolute atomic E-state index is 0.208. The van der Waals surface area contributed by atoms with Crippen LogP contribution in [0.15, 0.2) is 10.7 Å². The Morgan fingerprint density at radius 1 is 1.59 bits per heavy atom. The number of primary amides is 1. The number of nitrogens with two attached hydrogens (primary N) is 1. The highest BCUT2D eigenvalue weighted by atomic mass is 79.9. The molecule has 0 aliphatic carbocycles. The number of hydrogen-bond donors (Lipinski definition) is 2. The van der Waals surface area contributed by atoms with Crippen LogP contribution in [0.25, 0.3) is 0 Å². The molecule has 0 unspecified atom stereocenters. The molecule has 0 fully saturated rings. The van der Waals surface area contributed by atoms with Crippen molar-refractivity contribution < 1.29 is 9.53 Å². The summed E-state index contributed by atoms with van der Waals surface area (Å²) >= 11 is 3.32. The quantitative estimate of drug-likeness (QED) is 0.616. The first kappa shape index (κ1) is 13.7. The third-order valence-corrected chi connectivity index (χ3v) is 2.27. The number of rotatable bonds is 6. The van der Waals surface area contributed by atoms with Gasteiger partial charge >= 0.3 is 6.09 Å². The summed E-state index contributed by atoms with van der Waals surface area (Å²) in [4.78, 5) is 18.9. The van der Waals surface area contributed by atoms with Crippen LogP contribution in [-0.2, 0) is 11.2 Å². The van der Waals surface area contributed by atoms with Crippen molar-refractivity contribution in [2.24, 2.45) is 5.73 Å². The number of ether oxygens (including phenoxy) is 1. The van der Waals surface area contributed by atoms with Gasteiger partial charge in [0.15, 0.2) is 0 Å². The van der Waals surface area contributed by atoms with Gasteiger partial charge in [-0.2, -0.15) is 0 Å². The molecule has 0 atom stereocenters. The molecule has 6 nitrogen and oxygen atoms in total. The maximum Gasteiger partial charge on any atom is 0.404 e. The monoisotopic (exact) mass is 302 g/mol. The molecule has 0 aliphatic heterocycles. The fraction of sp³-hybridized carbons (Fsp3) is 0.500. The van der Waals surface area contributed by atoms with E-state index in [1.165, 1.54) is 0 Å². The first-order valence-corrected chi connectivity index (χ1v) is 6.10. The summed E-state index contributed by atoms with van der Waals surface area (Å²) in [7, 11) is 0. The number of amides is 1. The predicted octanol–water partition coefficient (Wildman–Crippen LogP) is 1.70. The Kier molecular flexibility index (Phi) is 5.68. The number of aryl methyl sites for hydroxylation is 1. The Hall–Kier alpha value is -1.37. The van der Waals surface area contributed by atoms with Gasteiger partial charge in [-0.1, -0.05) is 6.92 Å². The summed E-state index contributed by atoms with van der Waals surface area (Å²) in [6.45, 7) is 2.73. The third-order valence-electron chi connectivity index (χ3n) is 1.87. The molecule has 1 rings (SSSR count). The van der Waals surface area contributed by atoms with E-state index >= 15 is 0 Å². The molecule has 0 aromatic carbocycles. The first-order valence-electron chi connectivity index (χ1n) is 5.31. The lowest BCUT2D eigenvalue weighted by Crippen LogP contribution is -2.18. The Balaban J connectivity index is 2.49. The number of carbonyl (C=O) groups is 1. The van der Waals surface area contributed by atoms with Crippen LogP contribution in [0.3, 0.4) is 0 Å². The van der Waals surface area contributed by atoms with E-state index in [0.717, 1.165) is 23.3 Å². The lowest BCUT2D eigenvalue weighted by atomic mass is 10.3. The summed E-state index contributed by atoms with van der Waals surface area (Å²) < 4.78 is 5.32. The van der Waals surface area contributed by atoms with Crippen LogP contribution in [0.5, 0.6) is 0 Å². The minimum atomic E-state index is -0.776. The molecule has 3 N–H and O–H groups in total. The fourth-order valence-corrected chi connectivity index (χ4v) is 1.64. The molecule has 0 bridgehead atoms. The summed E-state index contributed by atoms with van der Waals surface area (Å²) in [5, 5.41) is 3.03. The molecular formula is C10H15BrN4O2. The zero-order chi connectivity index (χ0) is 12.7. The lowest BCUT2D eigenvalue weighted by molar-refractivity contribution is 0.161. The summed E-state index contributed by atoms with van der Waals surface area (Å²) in [6.07, 6.45) is 1.04. The average molecular weight is 303 g/mol. The number of carbonyl (C=O) groups excluding carboxylic acids is 1. The highest BCUT2D eigenvalue weighted by Gasteiger charge is 2.02. The van der Waals surface area contributed by atoms with Gasteiger partial charge in [-0.15, -0.1) is 0 Å². The summed E-state index contributed by atoms with van der Waals surface area (Å²) in [6, 6.07) is 1.77. The van der Waals surface area contributed by atoms with Gasteiger partial charge < -0.3 is 15.8 Å². The predicted molar refractivity (Wildman–Crippen MR) is 67.8 cm³/mol. The SMILES string of the molecule is CCCc1nc(Br)cc(NCCOC(N)=O)n1. The van der Waals surface area contributed by atoms with Crippen LogP contribution in [-0.4, -0.2) is 29.2 Å². The van der Waals surface area contributed by atoms with E-state index in [9.17, 15) is 4.79 Å². The van der Waals surface area contributed by atoms with E-state index in [1.807, 2.05) is 0 Å². The van der Waals surface area contributed by atoms with Gasteiger partial charge in [0.1, 0.15) is 22.9 Å². The average Bonchev–Trinajstić information content (AvgIpc) is 2.24. The highest BCUT2D eigenvalue weighted by molar-refractivity contribution is 9.10. The molecule has 0 saturated heterocycles. The maximum atomic E-state index is 10.3. The second kappa shape index (κ2) is 7.05. The van der Waals surface area contributed by atoms with E-state index in [1.54, 1.807) is 6.07 Å². The van der Waals surface area contributed by atoms with Gasteiger partial charge in [0.25, 0.3) is 0 Å². The normalized spacial score (nSPS) is 10.0. The number of nitrogens with zero attached hydrogens (tertiary/aromatic N) is 2. The Bertz CT molecular complexity index is 387. The molecule has 1 heterocycles. The van der Waals surface area contributed by atoms with Crippen molar-refractivity contribution in [3.05, 3.63) is 16.5 Å². The van der Waals surface area contributed by atoms with Crippen molar-refractivity contribution in [3.8, 4) is 0 Å². The number of hydrogen-bond acceptors (Lipinski definition) is 5. The van der Waals surface area contributed by atoms with E-state index in [4.69, 9.17) is 5.73 Å². The molecule has 0 aliphatic rings. The summed E-state index contributed by atoms with van der Waals surface area (Å²) in [5.41, 5.74) is 4.84. The molecule has 17 heavy (non-hydrogen) atoms. The third kappa shape index (κ3) is 5.48. The van der Waals surface area contributed by atoms with Crippen LogP contribution in [0, 0.1) is 0 Å². The molecule has 7 heteroatoms. The van der Waals surface area contributed by atoms with Crippen molar-refractivity contribution in [2.45, 2.75) is 19.8 Å². The van der Waals surface area contributed by atoms with E-state index in [-0.39, 0.29) is 6.61 Å². The van der Waals surface area contributed by atoms with Crippen LogP contribution in [0.2, 0.25) is 0 Å². The lowest BCUT2D eigenvalue weighted by Gasteiger charge is -2.07. The standard InChI is InChI=1S/C10H15BrN4O2/c1-2-3-8-14-7(11)6-9(15-8)13-4-5-17-10(12)16/h6H,2-5H2,1H3,(H2,12,16)(H,13,14,15). The number of aromatic nitrogens is 2. The summed E-state index contributed by atoms with van der Waals surface area (Å²) in [5.74, 6) is 1.48. The number of nitrogens with one attached hydrogen (secondary N) is 1. The van der Waals surface area contributed by atoms with Crippen molar-refractivity contribution in [1.29, 1.82) is 0 Å². The van der Waals surface area contributed by atoms with Crippen LogP contribution in [0.4, 0.5) is 10.6 Å². The largest absolute Gasteiger partial charge is 0.448 e. The maximum absolute atomic E-state index is 10.3. The molecular weight excluding hydrogens is 288 g/mol. The van der Waals surface area contributed by atoms with Crippen molar-refractivity contribution in [2.75, 3.05) is 18.5 Å². The first-order chi connectivity index (χ1) is 8.11. The fourth-order valence-electron chi connectivity index (χ4n) is 1.22. The van der Waals surface area contributed by atoms with Gasteiger partial charge in [-0.25, -0.2) is 14.8 Å². The van der Waals surface area contributed by atoms with Crippen molar-refractivity contribution >= 4 is 27.8 Å². The smallest absolute Gasteiger partial charge is 0.404 e. The Morgan fingerprint density at radius 3 is 3.00 bits per heavy atom. The number of halogens is 1. The molecule has 0 radical (unpaired) electrons. The zero-order valence-electron chi connectivity index (χ0n) is 9.57. The van der Waals surface area contributed by atoms with E-state index in [0.29, 0.717) is 12.4 Å².